The molecule has 0 bridgehead atoms. The Morgan fingerprint density at radius 1 is 1.44 bits per heavy atom. The Bertz CT molecular complexity index is 294. The second-order valence-electron chi connectivity index (χ2n) is 4.06. The normalized spacial score (nSPS) is 13.3. The van der Waals surface area contributed by atoms with Gasteiger partial charge in [0.15, 0.2) is 0 Å². The van der Waals surface area contributed by atoms with Gasteiger partial charge in [0.1, 0.15) is 0 Å². The lowest BCUT2D eigenvalue weighted by molar-refractivity contribution is 0.225. The van der Waals surface area contributed by atoms with Crippen LogP contribution in [0.2, 0.25) is 0 Å². The van der Waals surface area contributed by atoms with Crippen LogP contribution in [0, 0.1) is 6.92 Å². The molecule has 1 unspecified atom stereocenters. The molecular weight excluding hydrogens is 218 g/mol. The fraction of sp³-hybridized carbons (Fsp3) is 0.750. The van der Waals surface area contributed by atoms with E-state index in [2.05, 4.69) is 41.4 Å². The molecule has 0 spiro atoms. The minimum Gasteiger partial charge on any atom is -0.310 e. The minimum atomic E-state index is 0.592. The van der Waals surface area contributed by atoms with Crippen molar-refractivity contribution >= 4 is 11.3 Å². The molecule has 1 aromatic heterocycles. The van der Waals surface area contributed by atoms with Crippen molar-refractivity contribution < 1.29 is 0 Å². The van der Waals surface area contributed by atoms with E-state index in [1.54, 1.807) is 11.3 Å². The molecule has 1 heterocycles. The summed E-state index contributed by atoms with van der Waals surface area (Å²) >= 11 is 1.72. The molecule has 4 heteroatoms. The van der Waals surface area contributed by atoms with E-state index >= 15 is 0 Å². The number of nitrogens with zero attached hydrogens (tertiary/aromatic N) is 2. The molecule has 0 fully saturated rings. The summed E-state index contributed by atoms with van der Waals surface area (Å²) < 4.78 is 0. The Morgan fingerprint density at radius 2 is 2.12 bits per heavy atom. The Morgan fingerprint density at radius 3 is 2.62 bits per heavy atom. The van der Waals surface area contributed by atoms with Crippen molar-refractivity contribution in [3.05, 3.63) is 16.1 Å². The van der Waals surface area contributed by atoms with E-state index in [1.165, 1.54) is 0 Å². The molecule has 92 valence electrons. The van der Waals surface area contributed by atoms with E-state index in [1.807, 2.05) is 6.92 Å². The summed E-state index contributed by atoms with van der Waals surface area (Å²) in [6.07, 6.45) is 0. The number of hydrogen-bond acceptors (Lipinski definition) is 4. The molecule has 1 rings (SSSR count). The molecule has 0 aliphatic carbocycles. The second-order valence-corrected chi connectivity index (χ2v) is 5.12. The zero-order valence-corrected chi connectivity index (χ0v) is 11.6. The number of aromatic nitrogens is 1. The maximum absolute atomic E-state index is 4.44. The number of rotatable bonds is 7. The average Bonchev–Trinajstić information content (AvgIpc) is 2.66. The van der Waals surface area contributed by atoms with Gasteiger partial charge < -0.3 is 5.32 Å². The van der Waals surface area contributed by atoms with Gasteiger partial charge in [0, 0.05) is 24.5 Å². The molecule has 0 radical (unpaired) electrons. The van der Waals surface area contributed by atoms with E-state index in [0.29, 0.717) is 6.04 Å². The number of thiazole rings is 1. The molecule has 1 N–H and O–H groups in total. The summed E-state index contributed by atoms with van der Waals surface area (Å²) in [5.41, 5.74) is 1.16. The molecule has 3 nitrogen and oxygen atoms in total. The molecule has 0 amide bonds. The standard InChI is InChI=1S/C12H23N3S/c1-5-15(6-2)10(3)7-13-8-12-9-16-11(4)14-12/h9-10,13H,5-8H2,1-4H3. The molecule has 0 aromatic carbocycles. The summed E-state index contributed by atoms with van der Waals surface area (Å²) in [6, 6.07) is 0.592. The van der Waals surface area contributed by atoms with Gasteiger partial charge in [-0.3, -0.25) is 4.90 Å². The van der Waals surface area contributed by atoms with E-state index < -0.39 is 0 Å². The summed E-state index contributed by atoms with van der Waals surface area (Å²) in [5.74, 6) is 0. The Kier molecular flexibility index (Phi) is 5.95. The number of aryl methyl sites for hydroxylation is 1. The van der Waals surface area contributed by atoms with Gasteiger partial charge >= 0.3 is 0 Å². The molecule has 16 heavy (non-hydrogen) atoms. The molecule has 1 aromatic rings. The van der Waals surface area contributed by atoms with Crippen LogP contribution in [0.1, 0.15) is 31.5 Å². The quantitative estimate of drug-likeness (QED) is 0.794. The van der Waals surface area contributed by atoms with E-state index in [4.69, 9.17) is 0 Å². The second kappa shape index (κ2) is 6.99. The Balaban J connectivity index is 2.24. The van der Waals surface area contributed by atoms with Crippen molar-refractivity contribution in [1.82, 2.24) is 15.2 Å². The highest BCUT2D eigenvalue weighted by Crippen LogP contribution is 2.07. The van der Waals surface area contributed by atoms with Crippen molar-refractivity contribution in [3.8, 4) is 0 Å². The average molecular weight is 241 g/mol. The van der Waals surface area contributed by atoms with Crippen LogP contribution < -0.4 is 5.32 Å². The van der Waals surface area contributed by atoms with Gasteiger partial charge in [-0.1, -0.05) is 13.8 Å². The van der Waals surface area contributed by atoms with Gasteiger partial charge in [-0.2, -0.15) is 0 Å². The lowest BCUT2D eigenvalue weighted by Gasteiger charge is -2.26. The third kappa shape index (κ3) is 4.20. The zero-order valence-electron chi connectivity index (χ0n) is 10.8. The van der Waals surface area contributed by atoms with Crippen LogP contribution in [0.3, 0.4) is 0 Å². The summed E-state index contributed by atoms with van der Waals surface area (Å²) in [5, 5.41) is 6.74. The maximum Gasteiger partial charge on any atom is 0.0897 e. The zero-order chi connectivity index (χ0) is 12.0. The Hall–Kier alpha value is -0.450. The van der Waals surface area contributed by atoms with Crippen LogP contribution in [0.15, 0.2) is 5.38 Å². The van der Waals surface area contributed by atoms with Crippen LogP contribution in [0.25, 0.3) is 0 Å². The maximum atomic E-state index is 4.44. The van der Waals surface area contributed by atoms with Gasteiger partial charge in [-0.15, -0.1) is 11.3 Å². The lowest BCUT2D eigenvalue weighted by atomic mass is 10.2. The van der Waals surface area contributed by atoms with Crippen molar-refractivity contribution in [2.75, 3.05) is 19.6 Å². The molecule has 0 saturated heterocycles. The van der Waals surface area contributed by atoms with Crippen LogP contribution in [-0.4, -0.2) is 35.6 Å². The highest BCUT2D eigenvalue weighted by Gasteiger charge is 2.09. The van der Waals surface area contributed by atoms with Crippen LogP contribution >= 0.6 is 11.3 Å². The first kappa shape index (κ1) is 13.6. The van der Waals surface area contributed by atoms with Gasteiger partial charge in [0.25, 0.3) is 0 Å². The van der Waals surface area contributed by atoms with Crippen LogP contribution in [0.5, 0.6) is 0 Å². The van der Waals surface area contributed by atoms with Crippen molar-refractivity contribution in [3.63, 3.8) is 0 Å². The highest BCUT2D eigenvalue weighted by molar-refractivity contribution is 7.09. The van der Waals surface area contributed by atoms with Crippen molar-refractivity contribution in [2.24, 2.45) is 0 Å². The topological polar surface area (TPSA) is 28.2 Å². The summed E-state index contributed by atoms with van der Waals surface area (Å²) in [7, 11) is 0. The van der Waals surface area contributed by atoms with E-state index in [9.17, 15) is 0 Å². The fourth-order valence-corrected chi connectivity index (χ4v) is 2.49. The van der Waals surface area contributed by atoms with Crippen LogP contribution in [0.4, 0.5) is 0 Å². The minimum absolute atomic E-state index is 0.592. The molecule has 0 aliphatic heterocycles. The summed E-state index contributed by atoms with van der Waals surface area (Å²) in [6.45, 7) is 12.9. The highest BCUT2D eigenvalue weighted by atomic mass is 32.1. The van der Waals surface area contributed by atoms with E-state index in [-0.39, 0.29) is 0 Å². The number of hydrogen-bond donors (Lipinski definition) is 1. The van der Waals surface area contributed by atoms with Gasteiger partial charge in [0.05, 0.1) is 10.7 Å². The first-order valence-electron chi connectivity index (χ1n) is 6.03. The van der Waals surface area contributed by atoms with Gasteiger partial charge in [0.2, 0.25) is 0 Å². The van der Waals surface area contributed by atoms with Crippen molar-refractivity contribution in [2.45, 2.75) is 40.3 Å². The molecule has 0 saturated carbocycles. The molecular formula is C12H23N3S. The number of nitrogens with one attached hydrogen (secondary N) is 1. The monoisotopic (exact) mass is 241 g/mol. The van der Waals surface area contributed by atoms with Crippen molar-refractivity contribution in [1.29, 1.82) is 0 Å². The third-order valence-corrected chi connectivity index (χ3v) is 3.67. The molecule has 0 aliphatic rings. The predicted molar refractivity (Wildman–Crippen MR) is 70.9 cm³/mol. The lowest BCUT2D eigenvalue weighted by Crippen LogP contribution is -2.40. The smallest absolute Gasteiger partial charge is 0.0897 e. The first-order chi connectivity index (χ1) is 7.67. The predicted octanol–water partition coefficient (Wildman–Crippen LogP) is 2.27. The Labute approximate surface area is 103 Å². The summed E-state index contributed by atoms with van der Waals surface area (Å²) in [4.78, 5) is 6.89. The SMILES string of the molecule is CCN(CC)C(C)CNCc1csc(C)n1. The fourth-order valence-electron chi connectivity index (χ4n) is 1.87. The largest absolute Gasteiger partial charge is 0.310 e. The van der Waals surface area contributed by atoms with E-state index in [0.717, 1.165) is 36.9 Å². The van der Waals surface area contributed by atoms with Crippen LogP contribution in [-0.2, 0) is 6.54 Å². The third-order valence-electron chi connectivity index (χ3n) is 2.85. The first-order valence-corrected chi connectivity index (χ1v) is 6.91. The molecule has 1 atom stereocenters. The number of likely N-dealkylation sites (N-methyl/N-ethyl adjacent to an activating group) is 1. The van der Waals surface area contributed by atoms with Gasteiger partial charge in [-0.05, 0) is 26.9 Å². The van der Waals surface area contributed by atoms with Gasteiger partial charge in [-0.25, -0.2) is 4.98 Å².